The second kappa shape index (κ2) is 17.8. The Balaban J connectivity index is 0.000000607. The summed E-state index contributed by atoms with van der Waals surface area (Å²) in [5, 5.41) is 8.76. The van der Waals surface area contributed by atoms with Crippen LogP contribution in [0, 0.1) is 18.8 Å². The number of phenols is 1. The minimum absolute atomic E-state index is 0.0292. The lowest BCUT2D eigenvalue weighted by Crippen LogP contribution is -2.44. The zero-order valence-electron chi connectivity index (χ0n) is 25.6. The zero-order valence-corrected chi connectivity index (χ0v) is 25.6. The molecule has 0 saturated carbocycles. The first-order valence-electron chi connectivity index (χ1n) is 15.0. The summed E-state index contributed by atoms with van der Waals surface area (Å²) < 4.78 is 26.6. The lowest BCUT2D eigenvalue weighted by Gasteiger charge is -2.36. The lowest BCUT2D eigenvalue weighted by molar-refractivity contribution is -0.0562. The van der Waals surface area contributed by atoms with Gasteiger partial charge in [-0.15, -0.1) is 0 Å². The molecule has 1 aromatic carbocycles. The van der Waals surface area contributed by atoms with E-state index in [1.165, 1.54) is 36.0 Å². The van der Waals surface area contributed by atoms with Crippen LogP contribution in [-0.4, -0.2) is 60.1 Å². The van der Waals surface area contributed by atoms with Crippen LogP contribution in [0.4, 0.5) is 8.78 Å². The SMILES string of the molecule is CC.CCC(C)=C(/C=C(/C)C(C)CC)C1CCN(CCN2CCC(F)(F)CC2)CC1.Cc1ccc(O)cc1. The van der Waals surface area contributed by atoms with E-state index < -0.39 is 5.92 Å². The van der Waals surface area contributed by atoms with Crippen LogP contribution in [0.2, 0.25) is 0 Å². The second-order valence-corrected chi connectivity index (χ2v) is 10.9. The minimum Gasteiger partial charge on any atom is -0.508 e. The highest BCUT2D eigenvalue weighted by Crippen LogP contribution is 2.31. The Hall–Kier alpha value is -1.72. The fourth-order valence-electron chi connectivity index (χ4n) is 4.90. The number of phenolic OH excluding ortho intramolecular Hbond substituents is 1. The number of hydrogen-bond donors (Lipinski definition) is 1. The maximum atomic E-state index is 13.3. The average molecular weight is 535 g/mol. The molecule has 0 spiro atoms. The third-order valence-corrected chi connectivity index (χ3v) is 8.18. The van der Waals surface area contributed by atoms with Crippen molar-refractivity contribution in [2.75, 3.05) is 39.3 Å². The molecule has 2 fully saturated rings. The topological polar surface area (TPSA) is 26.7 Å². The summed E-state index contributed by atoms with van der Waals surface area (Å²) in [6.45, 7) is 22.7. The van der Waals surface area contributed by atoms with Gasteiger partial charge in [0.2, 0.25) is 0 Å². The fraction of sp³-hybridized carbons (Fsp3) is 0.697. The van der Waals surface area contributed by atoms with E-state index in [1.54, 1.807) is 17.7 Å². The smallest absolute Gasteiger partial charge is 0.250 e. The maximum absolute atomic E-state index is 13.3. The van der Waals surface area contributed by atoms with Gasteiger partial charge in [-0.3, -0.25) is 0 Å². The van der Waals surface area contributed by atoms with E-state index in [0.717, 1.165) is 32.6 Å². The van der Waals surface area contributed by atoms with Crippen molar-refractivity contribution in [1.82, 2.24) is 9.80 Å². The molecule has 0 amide bonds. The van der Waals surface area contributed by atoms with Crippen molar-refractivity contribution in [3.63, 3.8) is 0 Å². The van der Waals surface area contributed by atoms with Crippen LogP contribution >= 0.6 is 0 Å². The Morgan fingerprint density at radius 3 is 1.92 bits per heavy atom. The minimum atomic E-state index is -2.43. The first kappa shape index (κ1) is 34.3. The highest BCUT2D eigenvalue weighted by atomic mass is 19.3. The van der Waals surface area contributed by atoms with Crippen LogP contribution in [-0.2, 0) is 0 Å². The van der Waals surface area contributed by atoms with E-state index >= 15 is 0 Å². The molecule has 3 rings (SSSR count). The van der Waals surface area contributed by atoms with Crippen LogP contribution in [0.15, 0.2) is 47.1 Å². The summed E-state index contributed by atoms with van der Waals surface area (Å²) in [6.07, 6.45) is 7.30. The summed E-state index contributed by atoms with van der Waals surface area (Å²) in [6, 6.07) is 7.09. The molecule has 1 aromatic rings. The fourth-order valence-corrected chi connectivity index (χ4v) is 4.90. The molecule has 1 atom stereocenters. The molecule has 3 nitrogen and oxygen atoms in total. The number of halogens is 2. The van der Waals surface area contributed by atoms with Crippen LogP contribution in [0.3, 0.4) is 0 Å². The number of piperidine rings is 2. The third-order valence-electron chi connectivity index (χ3n) is 8.18. The van der Waals surface area contributed by atoms with Crippen molar-refractivity contribution < 1.29 is 13.9 Å². The molecule has 2 saturated heterocycles. The molecular weight excluding hydrogens is 478 g/mol. The molecule has 0 aliphatic carbocycles. The van der Waals surface area contributed by atoms with Gasteiger partial charge in [0, 0.05) is 39.0 Å². The molecule has 2 aliphatic heterocycles. The van der Waals surface area contributed by atoms with E-state index in [2.05, 4.69) is 50.5 Å². The van der Waals surface area contributed by atoms with Gasteiger partial charge >= 0.3 is 0 Å². The van der Waals surface area contributed by atoms with Gasteiger partial charge in [0.05, 0.1) is 0 Å². The zero-order chi connectivity index (χ0) is 28.7. The molecule has 1 N–H and O–H groups in total. The van der Waals surface area contributed by atoms with Crippen LogP contribution < -0.4 is 0 Å². The van der Waals surface area contributed by atoms with Gasteiger partial charge in [-0.25, -0.2) is 8.78 Å². The van der Waals surface area contributed by atoms with Crippen molar-refractivity contribution in [2.24, 2.45) is 11.8 Å². The molecule has 2 heterocycles. The predicted molar refractivity (Wildman–Crippen MR) is 160 cm³/mol. The number of allylic oxidation sites excluding steroid dienone is 4. The van der Waals surface area contributed by atoms with E-state index in [0.29, 0.717) is 30.7 Å². The molecule has 0 radical (unpaired) electrons. The number of rotatable bonds is 8. The predicted octanol–water partition coefficient (Wildman–Crippen LogP) is 8.88. The number of nitrogens with zero attached hydrogens (tertiary/aromatic N) is 2. The van der Waals surface area contributed by atoms with E-state index in [1.807, 2.05) is 32.9 Å². The van der Waals surface area contributed by atoms with Gasteiger partial charge in [-0.1, -0.05) is 69.5 Å². The molecule has 5 heteroatoms. The Morgan fingerprint density at radius 1 is 0.974 bits per heavy atom. The van der Waals surface area contributed by atoms with E-state index in [4.69, 9.17) is 5.11 Å². The van der Waals surface area contributed by atoms with E-state index in [9.17, 15) is 8.78 Å². The standard InChI is InChI=1S/C24H42F2N2.C7H8O.C2H6/c1-6-19(3)21(5)18-23(20(4)7-2)22-8-12-27(13-9-22)16-17-28-14-10-24(25,26)11-15-28;1-6-2-4-7(8)5-3-6;1-2/h18-19,22H,6-17H2,1-5H3;2-5,8H,1H3;1-2H3/b21-18-,23-20?;;. The molecule has 0 aromatic heterocycles. The normalized spacial score (nSPS) is 20.4. The molecule has 38 heavy (non-hydrogen) atoms. The Morgan fingerprint density at radius 2 is 1.47 bits per heavy atom. The first-order chi connectivity index (χ1) is 18.0. The van der Waals surface area contributed by atoms with E-state index in [-0.39, 0.29) is 12.8 Å². The highest BCUT2D eigenvalue weighted by molar-refractivity contribution is 5.31. The summed E-state index contributed by atoms with van der Waals surface area (Å²) in [4.78, 5) is 4.75. The molecular formula is C33H56F2N2O. The molecule has 1 unspecified atom stereocenters. The highest BCUT2D eigenvalue weighted by Gasteiger charge is 2.34. The monoisotopic (exact) mass is 534 g/mol. The Kier molecular flexibility index (Phi) is 16.1. The van der Waals surface area contributed by atoms with Crippen molar-refractivity contribution in [2.45, 2.75) is 99.8 Å². The third kappa shape index (κ3) is 12.4. The molecule has 2 aliphatic rings. The quantitative estimate of drug-likeness (QED) is 0.337. The number of aryl methyl sites for hydroxylation is 1. The van der Waals surface area contributed by atoms with Crippen LogP contribution in [0.25, 0.3) is 0 Å². The van der Waals surface area contributed by atoms with Crippen molar-refractivity contribution in [1.29, 1.82) is 0 Å². The Labute approximate surface area is 233 Å². The largest absolute Gasteiger partial charge is 0.508 e. The number of benzene rings is 1. The Bertz CT molecular complexity index is 808. The number of alkyl halides is 2. The molecule has 0 bridgehead atoms. The van der Waals surface area contributed by atoms with Gasteiger partial charge in [0.25, 0.3) is 5.92 Å². The number of aromatic hydroxyl groups is 1. The van der Waals surface area contributed by atoms with Gasteiger partial charge in [-0.2, -0.15) is 0 Å². The van der Waals surface area contributed by atoms with Gasteiger partial charge in [0.1, 0.15) is 5.75 Å². The second-order valence-electron chi connectivity index (χ2n) is 10.9. The number of likely N-dealkylation sites (tertiary alicyclic amines) is 2. The van der Waals surface area contributed by atoms with Gasteiger partial charge in [-0.05, 0) is 89.1 Å². The first-order valence-corrected chi connectivity index (χ1v) is 15.0. The summed E-state index contributed by atoms with van der Waals surface area (Å²) in [5.41, 5.74) is 5.80. The molecule has 218 valence electrons. The number of hydrogen-bond acceptors (Lipinski definition) is 3. The average Bonchev–Trinajstić information content (AvgIpc) is 2.93. The van der Waals surface area contributed by atoms with Crippen LogP contribution in [0.1, 0.15) is 92.6 Å². The summed E-state index contributed by atoms with van der Waals surface area (Å²) >= 11 is 0. The van der Waals surface area contributed by atoms with Crippen molar-refractivity contribution in [3.05, 3.63) is 52.6 Å². The van der Waals surface area contributed by atoms with Crippen molar-refractivity contribution in [3.8, 4) is 5.75 Å². The maximum Gasteiger partial charge on any atom is 0.250 e. The summed E-state index contributed by atoms with van der Waals surface area (Å²) in [5.74, 6) is -0.786. The van der Waals surface area contributed by atoms with Crippen LogP contribution in [0.5, 0.6) is 5.75 Å². The van der Waals surface area contributed by atoms with Crippen molar-refractivity contribution >= 4 is 0 Å². The lowest BCUT2D eigenvalue weighted by atomic mass is 9.83. The van der Waals surface area contributed by atoms with Gasteiger partial charge in [0.15, 0.2) is 0 Å². The van der Waals surface area contributed by atoms with Gasteiger partial charge < -0.3 is 14.9 Å². The summed E-state index contributed by atoms with van der Waals surface area (Å²) in [7, 11) is 0.